The molecule has 0 aromatic rings. The minimum atomic E-state index is -4.13. The fourth-order valence-corrected chi connectivity index (χ4v) is 2.81. The molecule has 0 amide bonds. The third-order valence-corrected chi connectivity index (χ3v) is 3.71. The zero-order valence-corrected chi connectivity index (χ0v) is 8.19. The molecular weight excluding hydrogens is 193 g/mol. The van der Waals surface area contributed by atoms with Crippen molar-refractivity contribution in [2.75, 3.05) is 26.7 Å². The number of nitrogens with one attached hydrogen (secondary N) is 1. The number of fused-ring (bicyclic) bond motifs is 3. The number of rotatable bonds is 1. The minimum absolute atomic E-state index is 0.123. The number of piperidine rings is 3. The van der Waals surface area contributed by atoms with E-state index in [4.69, 9.17) is 0 Å². The maximum atomic E-state index is 13.0. The molecule has 0 radical (unpaired) electrons. The van der Waals surface area contributed by atoms with Crippen molar-refractivity contribution in [1.82, 2.24) is 10.2 Å². The summed E-state index contributed by atoms with van der Waals surface area (Å²) in [5.41, 5.74) is -1.65. The first-order valence-corrected chi connectivity index (χ1v) is 4.97. The molecule has 0 saturated carbocycles. The standard InChI is InChI=1S/C9H15F3N2/c1-13-8(9(10,11)12)6-14-4-2-7(8)3-5-14/h7,13H,2-6H2,1H3. The Kier molecular flexibility index (Phi) is 2.27. The molecule has 3 aliphatic rings. The molecule has 2 bridgehead atoms. The van der Waals surface area contributed by atoms with Crippen LogP contribution in [0.2, 0.25) is 0 Å². The number of halogens is 3. The largest absolute Gasteiger partial charge is 0.408 e. The van der Waals surface area contributed by atoms with Gasteiger partial charge in [0.2, 0.25) is 0 Å². The van der Waals surface area contributed by atoms with Gasteiger partial charge in [0.15, 0.2) is 0 Å². The van der Waals surface area contributed by atoms with Crippen molar-refractivity contribution in [1.29, 1.82) is 0 Å². The average molecular weight is 208 g/mol. The second kappa shape index (κ2) is 3.10. The van der Waals surface area contributed by atoms with Gasteiger partial charge in [-0.1, -0.05) is 0 Å². The topological polar surface area (TPSA) is 15.3 Å². The lowest BCUT2D eigenvalue weighted by Crippen LogP contribution is -2.71. The zero-order chi connectivity index (χ0) is 10.4. The third-order valence-electron chi connectivity index (χ3n) is 3.71. The van der Waals surface area contributed by atoms with Crippen molar-refractivity contribution in [3.63, 3.8) is 0 Å². The molecule has 1 N–H and O–H groups in total. The summed E-state index contributed by atoms with van der Waals surface area (Å²) in [6.07, 6.45) is -2.80. The summed E-state index contributed by atoms with van der Waals surface area (Å²) < 4.78 is 38.9. The molecule has 0 aromatic carbocycles. The third kappa shape index (κ3) is 1.26. The Balaban J connectivity index is 2.28. The van der Waals surface area contributed by atoms with Crippen LogP contribution in [-0.2, 0) is 0 Å². The molecule has 3 fully saturated rings. The number of likely N-dealkylation sites (N-methyl/N-ethyl adjacent to an activating group) is 1. The predicted molar refractivity (Wildman–Crippen MR) is 47.0 cm³/mol. The summed E-state index contributed by atoms with van der Waals surface area (Å²) in [7, 11) is 1.43. The number of hydrogen-bond donors (Lipinski definition) is 1. The molecule has 0 aromatic heterocycles. The smallest absolute Gasteiger partial charge is 0.305 e. The van der Waals surface area contributed by atoms with E-state index in [0.717, 1.165) is 13.1 Å². The molecule has 2 nitrogen and oxygen atoms in total. The molecule has 3 saturated heterocycles. The van der Waals surface area contributed by atoms with Crippen LogP contribution in [0.25, 0.3) is 0 Å². The molecule has 3 aliphatic heterocycles. The molecule has 3 heterocycles. The lowest BCUT2D eigenvalue weighted by molar-refractivity contribution is -0.235. The molecular formula is C9H15F3N2. The SMILES string of the molecule is CNC1(C(F)(F)F)CN2CCC1CC2. The number of nitrogens with zero attached hydrogens (tertiary/aromatic N) is 1. The van der Waals surface area contributed by atoms with Crippen LogP contribution in [0.3, 0.4) is 0 Å². The van der Waals surface area contributed by atoms with Crippen molar-refractivity contribution >= 4 is 0 Å². The van der Waals surface area contributed by atoms with Gasteiger partial charge in [-0.15, -0.1) is 0 Å². The van der Waals surface area contributed by atoms with E-state index in [0.29, 0.717) is 12.8 Å². The molecule has 14 heavy (non-hydrogen) atoms. The quantitative estimate of drug-likeness (QED) is 0.697. The van der Waals surface area contributed by atoms with Gasteiger partial charge in [-0.2, -0.15) is 13.2 Å². The summed E-state index contributed by atoms with van der Waals surface area (Å²) in [4.78, 5) is 1.91. The van der Waals surface area contributed by atoms with E-state index < -0.39 is 11.7 Å². The Bertz CT molecular complexity index is 221. The second-order valence-corrected chi connectivity index (χ2v) is 4.27. The molecule has 82 valence electrons. The first kappa shape index (κ1) is 10.2. The van der Waals surface area contributed by atoms with Crippen molar-refractivity contribution in [2.45, 2.75) is 24.6 Å². The highest BCUT2D eigenvalue weighted by Gasteiger charge is 2.61. The predicted octanol–water partition coefficient (Wildman–Crippen LogP) is 1.23. The molecule has 1 unspecified atom stereocenters. The van der Waals surface area contributed by atoms with Gasteiger partial charge < -0.3 is 10.2 Å². The summed E-state index contributed by atoms with van der Waals surface area (Å²) in [6, 6.07) is 0. The zero-order valence-electron chi connectivity index (χ0n) is 8.19. The summed E-state index contributed by atoms with van der Waals surface area (Å²) >= 11 is 0. The van der Waals surface area contributed by atoms with Crippen LogP contribution < -0.4 is 5.32 Å². The van der Waals surface area contributed by atoms with Crippen LogP contribution in [0.15, 0.2) is 0 Å². The monoisotopic (exact) mass is 208 g/mol. The normalized spacial score (nSPS) is 42.9. The van der Waals surface area contributed by atoms with Crippen molar-refractivity contribution in [2.24, 2.45) is 5.92 Å². The number of hydrogen-bond acceptors (Lipinski definition) is 2. The Morgan fingerprint density at radius 3 is 2.07 bits per heavy atom. The average Bonchev–Trinajstić information content (AvgIpc) is 2.17. The highest BCUT2D eigenvalue weighted by Crippen LogP contribution is 2.45. The first-order valence-electron chi connectivity index (χ1n) is 4.97. The van der Waals surface area contributed by atoms with E-state index in [1.54, 1.807) is 0 Å². The maximum absolute atomic E-state index is 13.0. The van der Waals surface area contributed by atoms with Gasteiger partial charge in [0.25, 0.3) is 0 Å². The fourth-order valence-electron chi connectivity index (χ4n) is 2.81. The van der Waals surface area contributed by atoms with Gasteiger partial charge in [-0.3, -0.25) is 0 Å². The molecule has 1 atom stereocenters. The fraction of sp³-hybridized carbons (Fsp3) is 1.00. The van der Waals surface area contributed by atoms with Gasteiger partial charge in [-0.05, 0) is 38.9 Å². The van der Waals surface area contributed by atoms with E-state index in [2.05, 4.69) is 5.32 Å². The summed E-state index contributed by atoms with van der Waals surface area (Å²) in [5, 5.41) is 2.52. The van der Waals surface area contributed by atoms with Crippen LogP contribution in [0.1, 0.15) is 12.8 Å². The van der Waals surface area contributed by atoms with Crippen LogP contribution in [-0.4, -0.2) is 43.3 Å². The van der Waals surface area contributed by atoms with Gasteiger partial charge >= 0.3 is 6.18 Å². The summed E-state index contributed by atoms with van der Waals surface area (Å²) in [6.45, 7) is 1.77. The highest BCUT2D eigenvalue weighted by atomic mass is 19.4. The van der Waals surface area contributed by atoms with Gasteiger partial charge in [-0.25, -0.2) is 0 Å². The molecule has 5 heteroatoms. The Morgan fingerprint density at radius 1 is 1.29 bits per heavy atom. The molecule has 0 spiro atoms. The first-order chi connectivity index (χ1) is 6.49. The van der Waals surface area contributed by atoms with E-state index in [-0.39, 0.29) is 12.5 Å². The lowest BCUT2D eigenvalue weighted by Gasteiger charge is -2.53. The molecule has 3 rings (SSSR count). The van der Waals surface area contributed by atoms with Crippen molar-refractivity contribution in [3.05, 3.63) is 0 Å². The highest BCUT2D eigenvalue weighted by molar-refractivity contribution is 5.07. The van der Waals surface area contributed by atoms with Crippen LogP contribution in [0, 0.1) is 5.92 Å². The second-order valence-electron chi connectivity index (χ2n) is 4.27. The number of alkyl halides is 3. The lowest BCUT2D eigenvalue weighted by atomic mass is 9.72. The van der Waals surface area contributed by atoms with Gasteiger partial charge in [0, 0.05) is 6.54 Å². The molecule has 0 aliphatic carbocycles. The van der Waals surface area contributed by atoms with E-state index >= 15 is 0 Å². The van der Waals surface area contributed by atoms with Gasteiger partial charge in [0.1, 0.15) is 5.54 Å². The van der Waals surface area contributed by atoms with E-state index in [1.165, 1.54) is 7.05 Å². The Hall–Kier alpha value is -0.290. The van der Waals surface area contributed by atoms with E-state index in [1.807, 2.05) is 4.90 Å². The van der Waals surface area contributed by atoms with Crippen LogP contribution in [0.4, 0.5) is 13.2 Å². The minimum Gasteiger partial charge on any atom is -0.305 e. The summed E-state index contributed by atoms with van der Waals surface area (Å²) in [5.74, 6) is -0.238. The van der Waals surface area contributed by atoms with Crippen LogP contribution >= 0.6 is 0 Å². The van der Waals surface area contributed by atoms with Crippen molar-refractivity contribution < 1.29 is 13.2 Å². The Morgan fingerprint density at radius 2 is 1.86 bits per heavy atom. The van der Waals surface area contributed by atoms with E-state index in [9.17, 15) is 13.2 Å². The van der Waals surface area contributed by atoms with Crippen molar-refractivity contribution in [3.8, 4) is 0 Å². The Labute approximate surface area is 81.5 Å². The van der Waals surface area contributed by atoms with Gasteiger partial charge in [0.05, 0.1) is 0 Å². The maximum Gasteiger partial charge on any atom is 0.408 e. The van der Waals surface area contributed by atoms with Crippen LogP contribution in [0.5, 0.6) is 0 Å².